The number of amides is 2. The minimum atomic E-state index is -0.352. The van der Waals surface area contributed by atoms with Gasteiger partial charge in [0.05, 0.1) is 12.8 Å². The first-order valence-electron chi connectivity index (χ1n) is 5.07. The van der Waals surface area contributed by atoms with Crippen molar-refractivity contribution < 1.29 is 19.8 Å². The van der Waals surface area contributed by atoms with Gasteiger partial charge in [-0.25, -0.2) is 0 Å². The lowest BCUT2D eigenvalue weighted by Gasteiger charge is -2.01. The molecule has 4 N–H and O–H groups in total. The van der Waals surface area contributed by atoms with Crippen molar-refractivity contribution in [2.24, 2.45) is 0 Å². The third kappa shape index (κ3) is 17.0. The van der Waals surface area contributed by atoms with Crippen LogP contribution in [0.2, 0.25) is 0 Å². The molecule has 2 amide bonds. The molecule has 1 atom stereocenters. The number of carbonyl (C=O) groups is 2. The van der Waals surface area contributed by atoms with E-state index < -0.39 is 0 Å². The van der Waals surface area contributed by atoms with Crippen molar-refractivity contribution in [2.45, 2.75) is 19.4 Å². The summed E-state index contributed by atoms with van der Waals surface area (Å²) in [7, 11) is 0. The fraction of sp³-hybridized carbons (Fsp3) is 0.455. The first-order chi connectivity index (χ1) is 7.97. The van der Waals surface area contributed by atoms with Gasteiger partial charge in [0.1, 0.15) is 0 Å². The number of aliphatic hydroxyl groups is 2. The second kappa shape index (κ2) is 12.4. The van der Waals surface area contributed by atoms with E-state index in [0.717, 1.165) is 12.2 Å². The Morgan fingerprint density at radius 1 is 1.24 bits per heavy atom. The second-order valence-corrected chi connectivity index (χ2v) is 3.03. The van der Waals surface area contributed by atoms with Gasteiger partial charge in [0.25, 0.3) is 0 Å². The summed E-state index contributed by atoms with van der Waals surface area (Å²) in [6, 6.07) is 0. The number of carbonyl (C=O) groups excluding carboxylic acids is 2. The highest BCUT2D eigenvalue weighted by Crippen LogP contribution is 1.83. The van der Waals surface area contributed by atoms with Crippen molar-refractivity contribution in [2.75, 3.05) is 13.3 Å². The van der Waals surface area contributed by atoms with Crippen LogP contribution in [-0.4, -0.2) is 41.4 Å². The minimum Gasteiger partial charge on any atom is -0.396 e. The van der Waals surface area contributed by atoms with Crippen LogP contribution in [-0.2, 0) is 9.59 Å². The zero-order valence-electron chi connectivity index (χ0n) is 9.98. The maximum atomic E-state index is 10.5. The fourth-order valence-corrected chi connectivity index (χ4v) is 0.550. The van der Waals surface area contributed by atoms with E-state index >= 15 is 0 Å². The third-order valence-corrected chi connectivity index (χ3v) is 1.44. The summed E-state index contributed by atoms with van der Waals surface area (Å²) in [5.74, 6) is -0.649. The Morgan fingerprint density at radius 2 is 1.65 bits per heavy atom. The Labute approximate surface area is 101 Å². The summed E-state index contributed by atoms with van der Waals surface area (Å²) in [5, 5.41) is 21.2. The highest BCUT2D eigenvalue weighted by atomic mass is 16.3. The molecule has 0 aromatic carbocycles. The van der Waals surface area contributed by atoms with Crippen molar-refractivity contribution in [1.29, 1.82) is 0 Å². The van der Waals surface area contributed by atoms with E-state index in [1.807, 2.05) is 0 Å². The molecular weight excluding hydrogens is 224 g/mol. The smallest absolute Gasteiger partial charge is 0.244 e. The molecule has 0 aliphatic rings. The van der Waals surface area contributed by atoms with Crippen molar-refractivity contribution in [3.63, 3.8) is 0 Å². The largest absolute Gasteiger partial charge is 0.396 e. The maximum absolute atomic E-state index is 10.5. The molecule has 0 aromatic rings. The van der Waals surface area contributed by atoms with Gasteiger partial charge in [-0.15, -0.1) is 0 Å². The number of rotatable bonds is 6. The summed E-state index contributed by atoms with van der Waals surface area (Å²) in [6.45, 7) is 8.29. The van der Waals surface area contributed by atoms with E-state index in [1.165, 1.54) is 0 Å². The summed E-state index contributed by atoms with van der Waals surface area (Å²) in [5.41, 5.74) is 0. The van der Waals surface area contributed by atoms with Gasteiger partial charge in [0.2, 0.25) is 11.8 Å². The molecule has 0 rings (SSSR count). The Balaban J connectivity index is 0. The SMILES string of the molecule is C=CC(=O)NCNC(=O)C=C.CC(O)CCO. The predicted octanol–water partition coefficient (Wildman–Crippen LogP) is -0.702. The first kappa shape index (κ1) is 17.7. The standard InChI is InChI=1S/C7H10N2O2.C4H10O2/c1-3-6(10)8-5-9-7(11)4-2;1-4(6)2-3-5/h3-4H,1-2,5H2,(H,8,10)(H,9,11);4-6H,2-3H2,1H3. The van der Waals surface area contributed by atoms with Crippen molar-refractivity contribution >= 4 is 11.8 Å². The predicted molar refractivity (Wildman–Crippen MR) is 64.9 cm³/mol. The summed E-state index contributed by atoms with van der Waals surface area (Å²) in [4.78, 5) is 21.0. The number of hydrogen-bond acceptors (Lipinski definition) is 4. The molecule has 1 unspecified atom stereocenters. The van der Waals surface area contributed by atoms with Crippen LogP contribution < -0.4 is 10.6 Å². The molecule has 0 aliphatic carbocycles. The van der Waals surface area contributed by atoms with Crippen LogP contribution in [0.3, 0.4) is 0 Å². The molecule has 0 fully saturated rings. The molecule has 0 bridgehead atoms. The lowest BCUT2D eigenvalue weighted by Crippen LogP contribution is -2.35. The average molecular weight is 244 g/mol. The van der Waals surface area contributed by atoms with Crippen LogP contribution >= 0.6 is 0 Å². The van der Waals surface area contributed by atoms with E-state index in [0.29, 0.717) is 6.42 Å². The Morgan fingerprint density at radius 3 is 1.82 bits per heavy atom. The Bertz CT molecular complexity index is 232. The first-order valence-corrected chi connectivity index (χ1v) is 5.07. The highest BCUT2D eigenvalue weighted by Gasteiger charge is 1.93. The molecule has 6 heteroatoms. The van der Waals surface area contributed by atoms with Crippen LogP contribution in [0.5, 0.6) is 0 Å². The topological polar surface area (TPSA) is 98.7 Å². The van der Waals surface area contributed by atoms with Crippen LogP contribution in [0.4, 0.5) is 0 Å². The number of hydrogen-bond donors (Lipinski definition) is 4. The maximum Gasteiger partial charge on any atom is 0.244 e. The van der Waals surface area contributed by atoms with Gasteiger partial charge in [-0.1, -0.05) is 13.2 Å². The molecule has 0 radical (unpaired) electrons. The van der Waals surface area contributed by atoms with Gasteiger partial charge in [-0.2, -0.15) is 0 Å². The number of aliphatic hydroxyl groups excluding tert-OH is 2. The zero-order chi connectivity index (χ0) is 13.7. The molecule has 6 nitrogen and oxygen atoms in total. The van der Waals surface area contributed by atoms with Crippen LogP contribution in [0, 0.1) is 0 Å². The molecule has 17 heavy (non-hydrogen) atoms. The molecule has 0 saturated carbocycles. The Kier molecular flexibility index (Phi) is 12.9. The monoisotopic (exact) mass is 244 g/mol. The van der Waals surface area contributed by atoms with Gasteiger partial charge in [-0.05, 0) is 25.5 Å². The second-order valence-electron chi connectivity index (χ2n) is 3.03. The van der Waals surface area contributed by atoms with Crippen molar-refractivity contribution in [1.82, 2.24) is 10.6 Å². The van der Waals surface area contributed by atoms with Crippen LogP contribution in [0.25, 0.3) is 0 Å². The van der Waals surface area contributed by atoms with Crippen molar-refractivity contribution in [3.05, 3.63) is 25.3 Å². The molecule has 0 spiro atoms. The van der Waals surface area contributed by atoms with E-state index in [4.69, 9.17) is 10.2 Å². The fourth-order valence-electron chi connectivity index (χ4n) is 0.550. The molecular formula is C11H20N2O4. The Hall–Kier alpha value is -1.66. The number of nitrogens with one attached hydrogen (secondary N) is 2. The van der Waals surface area contributed by atoms with Crippen molar-refractivity contribution in [3.8, 4) is 0 Å². The molecule has 0 aliphatic heterocycles. The van der Waals surface area contributed by atoms with E-state index in [1.54, 1.807) is 6.92 Å². The summed E-state index contributed by atoms with van der Waals surface area (Å²) >= 11 is 0. The normalized spacial score (nSPS) is 10.3. The minimum absolute atomic E-state index is 0.0810. The van der Waals surface area contributed by atoms with E-state index in [2.05, 4.69) is 23.8 Å². The van der Waals surface area contributed by atoms with Gasteiger partial charge in [-0.3, -0.25) is 9.59 Å². The molecule has 98 valence electrons. The van der Waals surface area contributed by atoms with Gasteiger partial charge >= 0.3 is 0 Å². The van der Waals surface area contributed by atoms with E-state index in [-0.39, 0.29) is 31.2 Å². The highest BCUT2D eigenvalue weighted by molar-refractivity contribution is 5.89. The summed E-state index contributed by atoms with van der Waals surface area (Å²) < 4.78 is 0. The summed E-state index contributed by atoms with van der Waals surface area (Å²) in [6.07, 6.45) is 2.38. The lowest BCUT2D eigenvalue weighted by molar-refractivity contribution is -0.118. The molecule has 0 heterocycles. The lowest BCUT2D eigenvalue weighted by atomic mass is 10.3. The van der Waals surface area contributed by atoms with Crippen LogP contribution in [0.1, 0.15) is 13.3 Å². The van der Waals surface area contributed by atoms with E-state index in [9.17, 15) is 9.59 Å². The zero-order valence-corrected chi connectivity index (χ0v) is 9.98. The van der Waals surface area contributed by atoms with Gasteiger partial charge in [0.15, 0.2) is 0 Å². The molecule has 0 aromatic heterocycles. The average Bonchev–Trinajstić information content (AvgIpc) is 2.29. The van der Waals surface area contributed by atoms with Gasteiger partial charge in [0, 0.05) is 6.61 Å². The van der Waals surface area contributed by atoms with Crippen LogP contribution in [0.15, 0.2) is 25.3 Å². The van der Waals surface area contributed by atoms with Gasteiger partial charge < -0.3 is 20.8 Å². The molecule has 0 saturated heterocycles. The third-order valence-electron chi connectivity index (χ3n) is 1.44. The quantitative estimate of drug-likeness (QED) is 0.367.